The number of anilines is 1. The first-order chi connectivity index (χ1) is 14.5. The first-order valence-electron chi connectivity index (χ1n) is 9.76. The fraction of sp³-hybridized carbons (Fsp3) is 0.364. The van der Waals surface area contributed by atoms with E-state index in [2.05, 4.69) is 10.6 Å². The van der Waals surface area contributed by atoms with E-state index in [9.17, 15) is 9.59 Å². The van der Waals surface area contributed by atoms with Crippen LogP contribution in [0.1, 0.15) is 18.5 Å². The minimum absolute atomic E-state index is 0.118. The second-order valence-electron chi connectivity index (χ2n) is 7.11. The van der Waals surface area contributed by atoms with Crippen LogP contribution in [0.5, 0.6) is 11.5 Å². The number of benzene rings is 2. The van der Waals surface area contributed by atoms with Crippen molar-refractivity contribution < 1.29 is 19.1 Å². The van der Waals surface area contributed by atoms with Crippen LogP contribution >= 0.6 is 11.8 Å². The standard InChI is InChI=1S/C22H27N3O4S/c1-15(16-8-9-18-19(12-16)29-11-10-28-18)23-21(26)13-25(2)14-22(27)24-17-6-4-5-7-20(17)30-3/h4-9,12,15H,10-11,13-14H2,1-3H3,(H,23,26)(H,24,27). The van der Waals surface area contributed by atoms with Crippen LogP contribution in [0, 0.1) is 0 Å². The van der Waals surface area contributed by atoms with E-state index in [4.69, 9.17) is 9.47 Å². The molecule has 2 N–H and O–H groups in total. The van der Waals surface area contributed by atoms with Crippen LogP contribution < -0.4 is 20.1 Å². The van der Waals surface area contributed by atoms with E-state index < -0.39 is 0 Å². The lowest BCUT2D eigenvalue weighted by molar-refractivity contribution is -0.123. The lowest BCUT2D eigenvalue weighted by Crippen LogP contribution is -2.39. The Labute approximate surface area is 181 Å². The molecule has 1 aliphatic rings. The summed E-state index contributed by atoms with van der Waals surface area (Å²) >= 11 is 1.57. The Morgan fingerprint density at radius 3 is 2.53 bits per heavy atom. The smallest absolute Gasteiger partial charge is 0.238 e. The average molecular weight is 430 g/mol. The molecule has 0 spiro atoms. The van der Waals surface area contributed by atoms with Gasteiger partial charge in [0.05, 0.1) is 24.8 Å². The summed E-state index contributed by atoms with van der Waals surface area (Å²) in [5.74, 6) is 1.10. The fourth-order valence-electron chi connectivity index (χ4n) is 3.18. The van der Waals surface area contributed by atoms with Crippen molar-refractivity contribution in [2.24, 2.45) is 0 Å². The van der Waals surface area contributed by atoms with Gasteiger partial charge < -0.3 is 20.1 Å². The van der Waals surface area contributed by atoms with Crippen molar-refractivity contribution >= 4 is 29.3 Å². The first-order valence-corrected chi connectivity index (χ1v) is 11.0. The number of fused-ring (bicyclic) bond motifs is 1. The zero-order valence-corrected chi connectivity index (χ0v) is 18.3. The van der Waals surface area contributed by atoms with Crippen molar-refractivity contribution in [3.63, 3.8) is 0 Å². The molecule has 7 nitrogen and oxygen atoms in total. The van der Waals surface area contributed by atoms with Crippen molar-refractivity contribution in [1.29, 1.82) is 0 Å². The van der Waals surface area contributed by atoms with Crippen molar-refractivity contribution in [2.75, 3.05) is 44.9 Å². The molecule has 0 bridgehead atoms. The lowest BCUT2D eigenvalue weighted by Gasteiger charge is -2.22. The van der Waals surface area contributed by atoms with Gasteiger partial charge >= 0.3 is 0 Å². The van der Waals surface area contributed by atoms with E-state index in [0.29, 0.717) is 19.0 Å². The molecule has 1 heterocycles. The van der Waals surface area contributed by atoms with Gasteiger partial charge in [-0.1, -0.05) is 18.2 Å². The fourth-order valence-corrected chi connectivity index (χ4v) is 3.74. The molecule has 30 heavy (non-hydrogen) atoms. The van der Waals surface area contributed by atoms with Crippen molar-refractivity contribution in [3.8, 4) is 11.5 Å². The number of hydrogen-bond acceptors (Lipinski definition) is 6. The Morgan fingerprint density at radius 2 is 1.77 bits per heavy atom. The van der Waals surface area contributed by atoms with Gasteiger partial charge in [0.1, 0.15) is 13.2 Å². The van der Waals surface area contributed by atoms with Gasteiger partial charge in [0.2, 0.25) is 11.8 Å². The molecule has 3 rings (SSSR count). The molecule has 160 valence electrons. The molecule has 2 amide bonds. The Morgan fingerprint density at radius 1 is 1.07 bits per heavy atom. The average Bonchev–Trinajstić information content (AvgIpc) is 2.73. The molecule has 0 radical (unpaired) electrons. The molecule has 1 atom stereocenters. The number of ether oxygens (including phenoxy) is 2. The molecule has 0 aromatic heterocycles. The molecule has 2 aromatic rings. The molecular weight excluding hydrogens is 402 g/mol. The second kappa shape index (κ2) is 10.4. The topological polar surface area (TPSA) is 79.9 Å². The summed E-state index contributed by atoms with van der Waals surface area (Å²) in [6.45, 7) is 3.21. The molecule has 1 unspecified atom stereocenters. The molecule has 2 aromatic carbocycles. The second-order valence-corrected chi connectivity index (χ2v) is 7.96. The third-order valence-corrected chi connectivity index (χ3v) is 5.45. The molecule has 1 aliphatic heterocycles. The van der Waals surface area contributed by atoms with Crippen LogP contribution in [0.2, 0.25) is 0 Å². The van der Waals surface area contributed by atoms with E-state index in [1.165, 1.54) is 0 Å². The predicted molar refractivity (Wildman–Crippen MR) is 118 cm³/mol. The molecular formula is C22H27N3O4S. The van der Waals surface area contributed by atoms with Gasteiger partial charge in [0.15, 0.2) is 11.5 Å². The van der Waals surface area contributed by atoms with Gasteiger partial charge in [-0.3, -0.25) is 14.5 Å². The third kappa shape index (κ3) is 5.90. The maximum atomic E-state index is 12.4. The van der Waals surface area contributed by atoms with Gasteiger partial charge in [-0.25, -0.2) is 0 Å². The number of nitrogens with zero attached hydrogens (tertiary/aromatic N) is 1. The Kier molecular flexibility index (Phi) is 7.59. The largest absolute Gasteiger partial charge is 0.486 e. The van der Waals surface area contributed by atoms with Gasteiger partial charge in [-0.15, -0.1) is 11.8 Å². The van der Waals surface area contributed by atoms with E-state index in [1.807, 2.05) is 55.6 Å². The van der Waals surface area contributed by atoms with Crippen molar-refractivity contribution in [3.05, 3.63) is 48.0 Å². The highest BCUT2D eigenvalue weighted by Crippen LogP contribution is 2.32. The molecule has 0 saturated carbocycles. The quantitative estimate of drug-likeness (QED) is 0.628. The van der Waals surface area contributed by atoms with E-state index >= 15 is 0 Å². The molecule has 0 saturated heterocycles. The highest BCUT2D eigenvalue weighted by molar-refractivity contribution is 7.98. The number of amides is 2. The van der Waals surface area contributed by atoms with Gasteiger partial charge in [-0.05, 0) is 50.1 Å². The number of likely N-dealkylation sites (N-methyl/N-ethyl adjacent to an activating group) is 1. The summed E-state index contributed by atoms with van der Waals surface area (Å²) in [5.41, 5.74) is 1.71. The summed E-state index contributed by atoms with van der Waals surface area (Å²) in [5, 5.41) is 5.87. The zero-order valence-electron chi connectivity index (χ0n) is 17.4. The zero-order chi connectivity index (χ0) is 21.5. The number of hydrogen-bond donors (Lipinski definition) is 2. The van der Waals surface area contributed by atoms with Crippen LogP contribution in [-0.4, -0.2) is 56.3 Å². The summed E-state index contributed by atoms with van der Waals surface area (Å²) in [6.07, 6.45) is 1.96. The van der Waals surface area contributed by atoms with Crippen LogP contribution in [0.15, 0.2) is 47.4 Å². The summed E-state index contributed by atoms with van der Waals surface area (Å²) < 4.78 is 11.1. The third-order valence-electron chi connectivity index (χ3n) is 4.65. The maximum absolute atomic E-state index is 12.4. The summed E-state index contributed by atoms with van der Waals surface area (Å²) in [6, 6.07) is 13.1. The molecule has 0 fully saturated rings. The number of para-hydroxylation sites is 1. The predicted octanol–water partition coefficient (Wildman–Crippen LogP) is 2.93. The number of nitrogens with one attached hydrogen (secondary N) is 2. The molecule has 0 aliphatic carbocycles. The van der Waals surface area contributed by atoms with Crippen molar-refractivity contribution in [1.82, 2.24) is 10.2 Å². The van der Waals surface area contributed by atoms with Crippen LogP contribution in [0.3, 0.4) is 0 Å². The van der Waals surface area contributed by atoms with Crippen LogP contribution in [0.25, 0.3) is 0 Å². The van der Waals surface area contributed by atoms with Crippen LogP contribution in [-0.2, 0) is 9.59 Å². The lowest BCUT2D eigenvalue weighted by atomic mass is 10.1. The SMILES string of the molecule is CSc1ccccc1NC(=O)CN(C)CC(=O)NC(C)c1ccc2c(c1)OCCO2. The highest BCUT2D eigenvalue weighted by Gasteiger charge is 2.17. The number of rotatable bonds is 8. The summed E-state index contributed by atoms with van der Waals surface area (Å²) in [4.78, 5) is 27.4. The Hall–Kier alpha value is -2.71. The number of thioether (sulfide) groups is 1. The number of carbonyl (C=O) groups excluding carboxylic acids is 2. The maximum Gasteiger partial charge on any atom is 0.238 e. The van der Waals surface area contributed by atoms with Gasteiger partial charge in [0, 0.05) is 4.90 Å². The van der Waals surface area contributed by atoms with E-state index in [1.54, 1.807) is 23.7 Å². The monoisotopic (exact) mass is 429 g/mol. The molecule has 8 heteroatoms. The van der Waals surface area contributed by atoms with E-state index in [-0.39, 0.29) is 30.9 Å². The minimum atomic E-state index is -0.191. The van der Waals surface area contributed by atoms with Crippen molar-refractivity contribution in [2.45, 2.75) is 17.9 Å². The number of carbonyl (C=O) groups is 2. The normalized spacial score (nSPS) is 13.6. The Bertz CT molecular complexity index is 906. The minimum Gasteiger partial charge on any atom is -0.486 e. The first kappa shape index (κ1) is 22.0. The summed E-state index contributed by atoms with van der Waals surface area (Å²) in [7, 11) is 1.74. The van der Waals surface area contributed by atoms with Gasteiger partial charge in [-0.2, -0.15) is 0 Å². The Balaban J connectivity index is 1.48. The van der Waals surface area contributed by atoms with Gasteiger partial charge in [0.25, 0.3) is 0 Å². The van der Waals surface area contributed by atoms with Crippen LogP contribution in [0.4, 0.5) is 5.69 Å². The highest BCUT2D eigenvalue weighted by atomic mass is 32.2. The van der Waals surface area contributed by atoms with E-state index in [0.717, 1.165) is 21.9 Å².